The van der Waals surface area contributed by atoms with Gasteiger partial charge in [-0.25, -0.2) is 4.57 Å². The molecule has 0 aromatic carbocycles. The van der Waals surface area contributed by atoms with Crippen molar-refractivity contribution in [1.82, 2.24) is 5.32 Å². The van der Waals surface area contributed by atoms with E-state index in [1.165, 1.54) is 25.7 Å². The summed E-state index contributed by atoms with van der Waals surface area (Å²) in [6.07, 6.45) is 60.0. The van der Waals surface area contributed by atoms with E-state index in [2.05, 4.69) is 129 Å². The molecule has 3 unspecified atom stereocenters. The Morgan fingerprint density at radius 3 is 1.53 bits per heavy atom. The molecule has 0 spiro atoms. The first kappa shape index (κ1) is 55.9. The quantitative estimate of drug-likeness (QED) is 0.0248. The highest BCUT2D eigenvalue weighted by Gasteiger charge is 2.27. The zero-order valence-corrected chi connectivity index (χ0v) is 38.6. The molecule has 0 heterocycles. The van der Waals surface area contributed by atoms with Crippen LogP contribution in [0.5, 0.6) is 0 Å². The average Bonchev–Trinajstić information content (AvgIpc) is 3.19. The van der Waals surface area contributed by atoms with Gasteiger partial charge < -0.3 is 19.8 Å². The fraction of sp³-hybridized carbons (Fsp3) is 0.580. The zero-order valence-electron chi connectivity index (χ0n) is 37.7. The van der Waals surface area contributed by atoms with Gasteiger partial charge in [0.15, 0.2) is 0 Å². The van der Waals surface area contributed by atoms with Crippen LogP contribution < -0.4 is 5.32 Å². The Bertz CT molecular complexity index is 1370. The molecule has 0 saturated heterocycles. The molecule has 0 fully saturated rings. The maximum Gasteiger partial charge on any atom is 0.472 e. The van der Waals surface area contributed by atoms with E-state index in [0.29, 0.717) is 17.4 Å². The number of carbonyl (C=O) groups excluding carboxylic acids is 1. The number of nitrogens with zero attached hydrogens (tertiary/aromatic N) is 1. The Morgan fingerprint density at radius 2 is 1.03 bits per heavy atom. The van der Waals surface area contributed by atoms with E-state index in [1.54, 1.807) is 6.08 Å². The van der Waals surface area contributed by atoms with Gasteiger partial charge in [0.25, 0.3) is 0 Å². The van der Waals surface area contributed by atoms with Crippen LogP contribution in [-0.2, 0) is 18.4 Å². The molecule has 59 heavy (non-hydrogen) atoms. The number of aliphatic hydroxyl groups excluding tert-OH is 1. The Kier molecular flexibility index (Phi) is 38.2. The van der Waals surface area contributed by atoms with Crippen molar-refractivity contribution in [3.05, 3.63) is 122 Å². The van der Waals surface area contributed by atoms with Crippen LogP contribution in [0.1, 0.15) is 136 Å². The second-order valence-electron chi connectivity index (χ2n) is 15.7. The Morgan fingerprint density at radius 1 is 0.593 bits per heavy atom. The second kappa shape index (κ2) is 40.3. The summed E-state index contributed by atoms with van der Waals surface area (Å²) in [6, 6.07) is -0.894. The lowest BCUT2D eigenvalue weighted by Crippen LogP contribution is -2.45. The summed E-state index contributed by atoms with van der Waals surface area (Å²) in [7, 11) is 1.50. The highest BCUT2D eigenvalue weighted by atomic mass is 31.2. The summed E-state index contributed by atoms with van der Waals surface area (Å²) in [6.45, 7) is 4.56. The monoisotopic (exact) mass is 840 g/mol. The first-order valence-corrected chi connectivity index (χ1v) is 23.9. The number of hydrogen-bond acceptors (Lipinski definition) is 5. The highest BCUT2D eigenvalue weighted by molar-refractivity contribution is 7.47. The van der Waals surface area contributed by atoms with Crippen LogP contribution in [0.2, 0.25) is 0 Å². The minimum atomic E-state index is -4.36. The molecule has 9 heteroatoms. The van der Waals surface area contributed by atoms with E-state index in [-0.39, 0.29) is 25.5 Å². The van der Waals surface area contributed by atoms with E-state index in [0.717, 1.165) is 83.5 Å². The number of amides is 1. The standard InChI is InChI=1S/C50H83N2O6P/c1-6-8-10-12-14-16-18-19-20-21-22-23-24-25-26-27-28-29-30-31-32-33-34-36-38-40-42-44-50(54)51-48(47-58-59(55,56)57-46-45-52(3,4)5)49(53)43-41-39-37-35-17-15-13-11-9-7-2/h8,10,14,16-17,19-20,22-23,25-26,28-29,31-32,34-36,41,43,48-49,53H,6-7,9,11-13,15,18,21,24,27,30,33,37-40,42,44-47H2,1-5H3,(H-,51,54,55,56)/p+1/b10-8-,16-14-,20-19-,23-22-,26-25-,29-28-,32-31-,35-17+,36-34-,43-41+. The largest absolute Gasteiger partial charge is 0.472 e. The van der Waals surface area contributed by atoms with Crippen molar-refractivity contribution >= 4 is 13.7 Å². The number of nitrogens with one attached hydrogen (secondary N) is 1. The van der Waals surface area contributed by atoms with Gasteiger partial charge in [0.05, 0.1) is 39.9 Å². The normalized spacial score (nSPS) is 15.4. The second-order valence-corrected chi connectivity index (χ2v) is 17.1. The summed E-state index contributed by atoms with van der Waals surface area (Å²) in [5.74, 6) is -0.239. The van der Waals surface area contributed by atoms with Crippen LogP contribution in [0.3, 0.4) is 0 Å². The number of unbranched alkanes of at least 4 members (excludes halogenated alkanes) is 7. The summed E-state index contributed by atoms with van der Waals surface area (Å²) in [5.41, 5.74) is 0. The average molecular weight is 840 g/mol. The molecule has 3 atom stereocenters. The maximum atomic E-state index is 12.8. The van der Waals surface area contributed by atoms with Crippen LogP contribution in [-0.4, -0.2) is 73.4 Å². The molecule has 0 aromatic rings. The van der Waals surface area contributed by atoms with Crippen molar-refractivity contribution in [3.63, 3.8) is 0 Å². The number of likely N-dealkylation sites (N-methyl/N-ethyl adjacent to an activating group) is 1. The summed E-state index contributed by atoms with van der Waals surface area (Å²) >= 11 is 0. The number of allylic oxidation sites excluding steroid dienone is 19. The van der Waals surface area contributed by atoms with Gasteiger partial charge in [0.1, 0.15) is 13.2 Å². The van der Waals surface area contributed by atoms with E-state index in [1.807, 2.05) is 27.2 Å². The molecule has 0 bridgehead atoms. The molecule has 0 aromatic heterocycles. The van der Waals surface area contributed by atoms with Crippen molar-refractivity contribution in [2.24, 2.45) is 0 Å². The molecule has 0 aliphatic heterocycles. The first-order valence-electron chi connectivity index (χ1n) is 22.4. The molecular weight excluding hydrogens is 756 g/mol. The number of hydrogen-bond donors (Lipinski definition) is 3. The van der Waals surface area contributed by atoms with Crippen LogP contribution >= 0.6 is 7.82 Å². The molecule has 1 amide bonds. The minimum absolute atomic E-state index is 0.0396. The van der Waals surface area contributed by atoms with Crippen LogP contribution in [0.4, 0.5) is 0 Å². The zero-order chi connectivity index (χ0) is 43.6. The van der Waals surface area contributed by atoms with Gasteiger partial charge >= 0.3 is 7.82 Å². The minimum Gasteiger partial charge on any atom is -0.387 e. The number of carbonyl (C=O) groups is 1. The summed E-state index contributed by atoms with van der Waals surface area (Å²) in [5, 5.41) is 13.7. The van der Waals surface area contributed by atoms with Crippen molar-refractivity contribution < 1.29 is 32.9 Å². The third kappa shape index (κ3) is 42.8. The lowest BCUT2D eigenvalue weighted by molar-refractivity contribution is -0.870. The van der Waals surface area contributed by atoms with E-state index >= 15 is 0 Å². The van der Waals surface area contributed by atoms with Gasteiger partial charge in [-0.1, -0.05) is 155 Å². The smallest absolute Gasteiger partial charge is 0.387 e. The third-order valence-corrected chi connectivity index (χ3v) is 9.90. The van der Waals surface area contributed by atoms with Crippen molar-refractivity contribution in [1.29, 1.82) is 0 Å². The predicted molar refractivity (Wildman–Crippen MR) is 253 cm³/mol. The number of rotatable bonds is 38. The topological polar surface area (TPSA) is 105 Å². The summed E-state index contributed by atoms with van der Waals surface area (Å²) < 4.78 is 23.4. The molecular formula is C50H84N2O6P+. The number of phosphoric acid groups is 1. The molecule has 0 aliphatic rings. The van der Waals surface area contributed by atoms with Crippen molar-refractivity contribution in [2.45, 2.75) is 148 Å². The lowest BCUT2D eigenvalue weighted by Gasteiger charge is -2.25. The highest BCUT2D eigenvalue weighted by Crippen LogP contribution is 2.43. The third-order valence-electron chi connectivity index (χ3n) is 8.92. The number of aliphatic hydroxyl groups is 1. The van der Waals surface area contributed by atoms with Crippen LogP contribution in [0.15, 0.2) is 122 Å². The molecule has 8 nitrogen and oxygen atoms in total. The van der Waals surface area contributed by atoms with Gasteiger partial charge in [-0.2, -0.15) is 0 Å². The van der Waals surface area contributed by atoms with Gasteiger partial charge in [-0.3, -0.25) is 13.8 Å². The fourth-order valence-corrected chi connectivity index (χ4v) is 6.10. The SMILES string of the molecule is CC/C=C\C/C=C\C/C=C\C/C=C\C/C=C\C/C=C\C/C=C\C/C=C\CCCCC(=O)NC(COP(=O)(O)OCC[N+](C)(C)C)C(O)/C=C/CC/C=C/CCCCCC. The van der Waals surface area contributed by atoms with Gasteiger partial charge in [0.2, 0.25) is 5.91 Å². The molecule has 0 saturated carbocycles. The number of quaternary nitrogens is 1. The Hall–Kier alpha value is -3.10. The predicted octanol–water partition coefficient (Wildman–Crippen LogP) is 12.7. The van der Waals surface area contributed by atoms with Crippen molar-refractivity contribution in [3.8, 4) is 0 Å². The number of phosphoric ester groups is 1. The first-order chi connectivity index (χ1) is 28.5. The van der Waals surface area contributed by atoms with E-state index in [4.69, 9.17) is 9.05 Å². The molecule has 0 rings (SSSR count). The lowest BCUT2D eigenvalue weighted by atomic mass is 10.1. The molecule has 0 aliphatic carbocycles. The van der Waals surface area contributed by atoms with E-state index < -0.39 is 20.0 Å². The Balaban J connectivity index is 4.44. The van der Waals surface area contributed by atoms with Gasteiger partial charge in [-0.05, 0) is 96.3 Å². The Labute approximate surface area is 361 Å². The van der Waals surface area contributed by atoms with Crippen molar-refractivity contribution in [2.75, 3.05) is 40.9 Å². The van der Waals surface area contributed by atoms with Gasteiger partial charge in [0, 0.05) is 6.42 Å². The maximum absolute atomic E-state index is 12.8. The van der Waals surface area contributed by atoms with Crippen LogP contribution in [0, 0.1) is 0 Å². The fourth-order valence-electron chi connectivity index (χ4n) is 5.36. The molecule has 0 radical (unpaired) electrons. The van der Waals surface area contributed by atoms with E-state index in [9.17, 15) is 19.4 Å². The molecule has 334 valence electrons. The summed E-state index contributed by atoms with van der Waals surface area (Å²) in [4.78, 5) is 23.0. The van der Waals surface area contributed by atoms with Crippen LogP contribution in [0.25, 0.3) is 0 Å². The van der Waals surface area contributed by atoms with Gasteiger partial charge in [-0.15, -0.1) is 0 Å². The molecule has 3 N–H and O–H groups in total.